The molecule has 0 radical (unpaired) electrons. The Kier molecular flexibility index (Phi) is 7.36. The average Bonchev–Trinajstić information content (AvgIpc) is 2.99. The fourth-order valence-corrected chi connectivity index (χ4v) is 4.09. The standard InChI is InChI=1S/C24H38N2O3/c1-8-18-14-19-16(3)13-17(4)20(25-23(29)24(5,6)7)21(19)26(18)12-10-9-11-15(2)22(27)28/h13,15,18H,8-12,14H2,1-7H3,(H,25,29)(H,27,28). The molecule has 1 aromatic rings. The summed E-state index contributed by atoms with van der Waals surface area (Å²) in [6.07, 6.45) is 4.60. The van der Waals surface area contributed by atoms with Crippen LogP contribution in [0.2, 0.25) is 0 Å². The minimum absolute atomic E-state index is 0.0295. The van der Waals surface area contributed by atoms with Crippen LogP contribution in [0.4, 0.5) is 11.4 Å². The third kappa shape index (κ3) is 5.31. The van der Waals surface area contributed by atoms with Gasteiger partial charge < -0.3 is 15.3 Å². The quantitative estimate of drug-likeness (QED) is 0.577. The number of nitrogens with zero attached hydrogens (tertiary/aromatic N) is 1. The first-order valence-electron chi connectivity index (χ1n) is 10.9. The van der Waals surface area contributed by atoms with Gasteiger partial charge in [0.1, 0.15) is 0 Å². The summed E-state index contributed by atoms with van der Waals surface area (Å²) in [6.45, 7) is 14.9. The fourth-order valence-electron chi connectivity index (χ4n) is 4.09. The van der Waals surface area contributed by atoms with Gasteiger partial charge in [-0.2, -0.15) is 0 Å². The summed E-state index contributed by atoms with van der Waals surface area (Å²) in [4.78, 5) is 26.3. The molecule has 2 N–H and O–H groups in total. The number of aliphatic carboxylic acids is 1. The topological polar surface area (TPSA) is 69.6 Å². The van der Waals surface area contributed by atoms with Crippen molar-refractivity contribution in [3.63, 3.8) is 0 Å². The molecule has 0 aromatic heterocycles. The van der Waals surface area contributed by atoms with Crippen molar-refractivity contribution in [1.29, 1.82) is 0 Å². The number of nitrogens with one attached hydrogen (secondary N) is 1. The van der Waals surface area contributed by atoms with E-state index in [1.807, 2.05) is 20.8 Å². The SMILES string of the molecule is CCC1Cc2c(C)cc(C)c(NC(=O)C(C)(C)C)c2N1CCCCC(C)C(=O)O. The molecule has 162 valence electrons. The molecular formula is C24H38N2O3. The molecule has 2 rings (SSSR count). The number of amides is 1. The van der Waals surface area contributed by atoms with Gasteiger partial charge in [-0.05, 0) is 56.2 Å². The van der Waals surface area contributed by atoms with Gasteiger partial charge in [-0.15, -0.1) is 0 Å². The molecule has 0 saturated carbocycles. The highest BCUT2D eigenvalue weighted by Crippen LogP contribution is 2.44. The molecule has 0 spiro atoms. The molecule has 29 heavy (non-hydrogen) atoms. The van der Waals surface area contributed by atoms with Gasteiger partial charge in [-0.3, -0.25) is 9.59 Å². The predicted octanol–water partition coefficient (Wildman–Crippen LogP) is 5.32. The predicted molar refractivity (Wildman–Crippen MR) is 120 cm³/mol. The molecule has 0 aliphatic carbocycles. The van der Waals surface area contributed by atoms with Crippen molar-refractivity contribution >= 4 is 23.3 Å². The maximum Gasteiger partial charge on any atom is 0.306 e. The normalized spacial score (nSPS) is 17.2. The van der Waals surface area contributed by atoms with E-state index in [1.165, 1.54) is 16.8 Å². The van der Waals surface area contributed by atoms with Crippen molar-refractivity contribution in [3.8, 4) is 0 Å². The third-order valence-corrected chi connectivity index (χ3v) is 6.09. The Balaban J connectivity index is 2.29. The van der Waals surface area contributed by atoms with E-state index in [0.29, 0.717) is 12.5 Å². The molecule has 5 heteroatoms. The number of rotatable bonds is 8. The maximum absolute atomic E-state index is 12.7. The van der Waals surface area contributed by atoms with E-state index < -0.39 is 11.4 Å². The lowest BCUT2D eigenvalue weighted by molar-refractivity contribution is -0.141. The van der Waals surface area contributed by atoms with Crippen LogP contribution in [0.25, 0.3) is 0 Å². The van der Waals surface area contributed by atoms with E-state index in [4.69, 9.17) is 5.11 Å². The zero-order valence-corrected chi connectivity index (χ0v) is 19.2. The summed E-state index contributed by atoms with van der Waals surface area (Å²) in [5.41, 5.74) is 5.39. The van der Waals surface area contributed by atoms with Gasteiger partial charge in [0, 0.05) is 18.0 Å². The first kappa shape index (κ1) is 23.2. The van der Waals surface area contributed by atoms with Crippen LogP contribution in [0.15, 0.2) is 6.07 Å². The summed E-state index contributed by atoms with van der Waals surface area (Å²) in [5.74, 6) is -0.989. The largest absolute Gasteiger partial charge is 0.481 e. The van der Waals surface area contributed by atoms with Gasteiger partial charge in [-0.1, -0.05) is 47.1 Å². The number of hydrogen-bond donors (Lipinski definition) is 2. The minimum atomic E-state index is -0.721. The van der Waals surface area contributed by atoms with Crippen molar-refractivity contribution in [2.75, 3.05) is 16.8 Å². The highest BCUT2D eigenvalue weighted by molar-refractivity contribution is 5.99. The van der Waals surface area contributed by atoms with Crippen LogP contribution in [0.5, 0.6) is 0 Å². The molecule has 2 unspecified atom stereocenters. The van der Waals surface area contributed by atoms with Crippen LogP contribution in [-0.4, -0.2) is 29.6 Å². The second-order valence-corrected chi connectivity index (χ2v) is 9.61. The second-order valence-electron chi connectivity index (χ2n) is 9.61. The Bertz CT molecular complexity index is 764. The van der Waals surface area contributed by atoms with Gasteiger partial charge in [0.05, 0.1) is 17.3 Å². The number of carbonyl (C=O) groups is 2. The lowest BCUT2D eigenvalue weighted by Crippen LogP contribution is -2.34. The van der Waals surface area contributed by atoms with E-state index in [9.17, 15) is 9.59 Å². The highest BCUT2D eigenvalue weighted by atomic mass is 16.4. The zero-order chi connectivity index (χ0) is 21.9. The summed E-state index contributed by atoms with van der Waals surface area (Å²) in [5, 5.41) is 12.3. The molecule has 0 saturated heterocycles. The van der Waals surface area contributed by atoms with Gasteiger partial charge in [0.2, 0.25) is 5.91 Å². The van der Waals surface area contributed by atoms with E-state index >= 15 is 0 Å². The van der Waals surface area contributed by atoms with E-state index in [1.54, 1.807) is 6.92 Å². The summed E-state index contributed by atoms with van der Waals surface area (Å²) in [6, 6.07) is 2.61. The third-order valence-electron chi connectivity index (χ3n) is 6.09. The molecule has 1 aromatic carbocycles. The molecule has 2 atom stereocenters. The van der Waals surface area contributed by atoms with Crippen LogP contribution in [0.3, 0.4) is 0 Å². The summed E-state index contributed by atoms with van der Waals surface area (Å²) >= 11 is 0. The molecular weight excluding hydrogens is 364 g/mol. The maximum atomic E-state index is 12.7. The van der Waals surface area contributed by atoms with Gasteiger partial charge >= 0.3 is 5.97 Å². The van der Waals surface area contributed by atoms with E-state index in [0.717, 1.165) is 43.5 Å². The summed E-state index contributed by atoms with van der Waals surface area (Å²) < 4.78 is 0. The van der Waals surface area contributed by atoms with E-state index in [-0.39, 0.29) is 11.8 Å². The molecule has 0 bridgehead atoms. The molecule has 0 fully saturated rings. The van der Waals surface area contributed by atoms with Crippen LogP contribution < -0.4 is 10.2 Å². The monoisotopic (exact) mass is 402 g/mol. The average molecular weight is 403 g/mol. The number of carboxylic acid groups (broad SMARTS) is 1. The number of carbonyl (C=O) groups excluding carboxylic acids is 1. The van der Waals surface area contributed by atoms with E-state index in [2.05, 4.69) is 37.1 Å². The smallest absolute Gasteiger partial charge is 0.306 e. The number of carboxylic acids is 1. The number of fused-ring (bicyclic) bond motifs is 1. The van der Waals surface area contributed by atoms with Crippen LogP contribution in [-0.2, 0) is 16.0 Å². The molecule has 1 aliphatic heterocycles. The van der Waals surface area contributed by atoms with Crippen molar-refractivity contribution < 1.29 is 14.7 Å². The molecule has 1 amide bonds. The number of benzene rings is 1. The van der Waals surface area contributed by atoms with Crippen LogP contribution >= 0.6 is 0 Å². The summed E-state index contributed by atoms with van der Waals surface area (Å²) in [7, 11) is 0. The second kappa shape index (κ2) is 9.19. The first-order valence-corrected chi connectivity index (χ1v) is 10.9. The Labute approximate surface area is 175 Å². The van der Waals surface area contributed by atoms with Gasteiger partial charge in [0.25, 0.3) is 0 Å². The Morgan fingerprint density at radius 3 is 2.45 bits per heavy atom. The van der Waals surface area contributed by atoms with Gasteiger partial charge in [-0.25, -0.2) is 0 Å². The van der Waals surface area contributed by atoms with Crippen molar-refractivity contribution in [2.24, 2.45) is 11.3 Å². The highest BCUT2D eigenvalue weighted by Gasteiger charge is 2.33. The van der Waals surface area contributed by atoms with Crippen LogP contribution in [0, 0.1) is 25.2 Å². The van der Waals surface area contributed by atoms with Crippen molar-refractivity contribution in [2.45, 2.75) is 86.6 Å². The number of hydrogen-bond acceptors (Lipinski definition) is 3. The van der Waals surface area contributed by atoms with Gasteiger partial charge in [0.15, 0.2) is 0 Å². The first-order chi connectivity index (χ1) is 13.5. The van der Waals surface area contributed by atoms with Crippen molar-refractivity contribution in [1.82, 2.24) is 0 Å². The number of aryl methyl sites for hydroxylation is 2. The fraction of sp³-hybridized carbons (Fsp3) is 0.667. The van der Waals surface area contributed by atoms with Crippen molar-refractivity contribution in [3.05, 3.63) is 22.8 Å². The lowest BCUT2D eigenvalue weighted by atomic mass is 9.94. The lowest BCUT2D eigenvalue weighted by Gasteiger charge is -2.30. The Hall–Kier alpha value is -2.04. The molecule has 5 nitrogen and oxygen atoms in total. The number of anilines is 2. The molecule has 1 aliphatic rings. The minimum Gasteiger partial charge on any atom is -0.481 e. The number of unbranched alkanes of at least 4 members (excludes halogenated alkanes) is 1. The Morgan fingerprint density at radius 1 is 1.24 bits per heavy atom. The Morgan fingerprint density at radius 2 is 1.90 bits per heavy atom. The molecule has 1 heterocycles. The zero-order valence-electron chi connectivity index (χ0n) is 19.2. The van der Waals surface area contributed by atoms with Crippen LogP contribution in [0.1, 0.15) is 77.0 Å².